The van der Waals surface area contributed by atoms with Crippen molar-refractivity contribution >= 4 is 11.6 Å². The highest BCUT2D eigenvalue weighted by Crippen LogP contribution is 2.60. The fraction of sp³-hybridized carbons (Fsp3) is 0.526. The summed E-state index contributed by atoms with van der Waals surface area (Å²) in [6, 6.07) is 17.2. The van der Waals surface area contributed by atoms with Gasteiger partial charge < -0.3 is 14.5 Å². The molecular formula is C38H48N4O2. The van der Waals surface area contributed by atoms with Crippen molar-refractivity contribution in [2.75, 3.05) is 51.3 Å². The summed E-state index contributed by atoms with van der Waals surface area (Å²) in [4.78, 5) is 24.8. The summed E-state index contributed by atoms with van der Waals surface area (Å²) >= 11 is 0. The molecule has 8 rings (SSSR count). The van der Waals surface area contributed by atoms with Crippen molar-refractivity contribution in [3.8, 4) is 16.9 Å². The molecule has 5 fully saturated rings. The van der Waals surface area contributed by atoms with E-state index in [9.17, 15) is 4.79 Å². The molecule has 1 saturated heterocycles. The van der Waals surface area contributed by atoms with Crippen LogP contribution in [0.1, 0.15) is 66.9 Å². The first-order chi connectivity index (χ1) is 21.4. The van der Waals surface area contributed by atoms with E-state index in [4.69, 9.17) is 4.74 Å². The molecule has 6 heteroatoms. The average Bonchev–Trinajstić information content (AvgIpc) is 3.01. The van der Waals surface area contributed by atoms with Gasteiger partial charge in [0.05, 0.1) is 12.8 Å². The normalized spacial score (nSPS) is 26.2. The Morgan fingerprint density at radius 1 is 0.932 bits per heavy atom. The monoisotopic (exact) mass is 592 g/mol. The van der Waals surface area contributed by atoms with Crippen LogP contribution in [0.25, 0.3) is 11.1 Å². The van der Waals surface area contributed by atoms with Gasteiger partial charge in [-0.1, -0.05) is 18.2 Å². The summed E-state index contributed by atoms with van der Waals surface area (Å²) in [5.41, 5.74) is 7.31. The van der Waals surface area contributed by atoms with Crippen LogP contribution in [-0.2, 0) is 6.54 Å². The number of aromatic nitrogens is 1. The summed E-state index contributed by atoms with van der Waals surface area (Å²) in [5, 5.41) is 0. The van der Waals surface area contributed by atoms with Gasteiger partial charge in [0.25, 0.3) is 5.91 Å². The van der Waals surface area contributed by atoms with Gasteiger partial charge in [-0.25, -0.2) is 0 Å². The second-order valence-corrected chi connectivity index (χ2v) is 14.4. The molecule has 6 nitrogen and oxygen atoms in total. The number of hydrogen-bond donors (Lipinski definition) is 0. The van der Waals surface area contributed by atoms with Crippen LogP contribution in [0.2, 0.25) is 0 Å². The highest BCUT2D eigenvalue weighted by atomic mass is 16.5. The van der Waals surface area contributed by atoms with Gasteiger partial charge in [-0.05, 0) is 123 Å². The van der Waals surface area contributed by atoms with Crippen LogP contribution >= 0.6 is 0 Å². The van der Waals surface area contributed by atoms with Crippen LogP contribution in [0.3, 0.4) is 0 Å². The van der Waals surface area contributed by atoms with E-state index in [1.807, 2.05) is 37.2 Å². The van der Waals surface area contributed by atoms with Crippen molar-refractivity contribution < 1.29 is 9.53 Å². The number of benzene rings is 2. The zero-order valence-corrected chi connectivity index (χ0v) is 26.8. The molecule has 4 aliphatic carbocycles. The molecular weight excluding hydrogens is 544 g/mol. The van der Waals surface area contributed by atoms with Gasteiger partial charge in [-0.2, -0.15) is 0 Å². The zero-order valence-electron chi connectivity index (χ0n) is 26.8. The third kappa shape index (κ3) is 6.10. The SMILES string of the molecule is CCOc1cncc(-c2ccc(CN3CCN(c4ccc(C(=O)N(C)CC56CC7CC(CC(C7)C5)C6)cc4)CC3)cc2C)c1. The van der Waals surface area contributed by atoms with Crippen molar-refractivity contribution in [3.63, 3.8) is 0 Å². The quantitative estimate of drug-likeness (QED) is 0.266. The molecule has 0 radical (unpaired) electrons. The Morgan fingerprint density at radius 3 is 2.25 bits per heavy atom. The van der Waals surface area contributed by atoms with Gasteiger partial charge in [0.15, 0.2) is 0 Å². The molecule has 5 aliphatic rings. The van der Waals surface area contributed by atoms with Gasteiger partial charge in [0.2, 0.25) is 0 Å². The lowest BCUT2D eigenvalue weighted by Gasteiger charge is -2.57. The smallest absolute Gasteiger partial charge is 0.253 e. The first kappa shape index (κ1) is 29.3. The minimum atomic E-state index is 0.177. The van der Waals surface area contributed by atoms with E-state index >= 15 is 0 Å². The summed E-state index contributed by atoms with van der Waals surface area (Å²) in [6.45, 7) is 10.7. The maximum absolute atomic E-state index is 13.4. The highest BCUT2D eigenvalue weighted by molar-refractivity contribution is 5.94. The van der Waals surface area contributed by atoms with E-state index in [1.54, 1.807) is 6.20 Å². The molecule has 2 heterocycles. The van der Waals surface area contributed by atoms with Gasteiger partial charge in [-0.15, -0.1) is 0 Å². The lowest BCUT2D eigenvalue weighted by Crippen LogP contribution is -2.51. The van der Waals surface area contributed by atoms with E-state index in [1.165, 1.54) is 60.9 Å². The molecule has 0 spiro atoms. The van der Waals surface area contributed by atoms with Crippen LogP contribution in [0.4, 0.5) is 5.69 Å². The Balaban J connectivity index is 0.915. The van der Waals surface area contributed by atoms with Crippen LogP contribution in [-0.4, -0.2) is 67.1 Å². The minimum absolute atomic E-state index is 0.177. The highest BCUT2D eigenvalue weighted by Gasteiger charge is 2.51. The standard InChI is InChI=1S/C38H48N4O2/c1-4-44-35-19-33(23-39-24-35)36-10-5-28(15-27(36)2)25-41-11-13-42(14-12-41)34-8-6-32(7-9-34)37(43)40(3)26-38-20-29-16-30(21-38)18-31(17-29)22-38/h5-10,15,19,23-24,29-31H,4,11-14,16-18,20-22,25-26H2,1-3H3. The van der Waals surface area contributed by atoms with Gasteiger partial charge in [-0.3, -0.25) is 14.7 Å². The number of hydrogen-bond acceptors (Lipinski definition) is 5. The van der Waals surface area contributed by atoms with Gasteiger partial charge in [0.1, 0.15) is 5.75 Å². The first-order valence-corrected chi connectivity index (χ1v) is 16.9. The minimum Gasteiger partial charge on any atom is -0.492 e. The molecule has 1 amide bonds. The maximum atomic E-state index is 13.4. The Hall–Kier alpha value is -3.38. The Kier molecular flexibility index (Phi) is 8.13. The van der Waals surface area contributed by atoms with Crippen molar-refractivity contribution in [3.05, 3.63) is 77.6 Å². The lowest BCUT2D eigenvalue weighted by molar-refractivity contribution is -0.0629. The average molecular weight is 593 g/mol. The third-order valence-electron chi connectivity index (χ3n) is 11.0. The number of piperazine rings is 1. The predicted octanol–water partition coefficient (Wildman–Crippen LogP) is 7.07. The molecule has 3 aromatic rings. The number of aryl methyl sites for hydroxylation is 1. The molecule has 0 atom stereocenters. The van der Waals surface area contributed by atoms with E-state index in [0.717, 1.165) is 73.9 Å². The van der Waals surface area contributed by atoms with Crippen LogP contribution in [0, 0.1) is 30.1 Å². The summed E-state index contributed by atoms with van der Waals surface area (Å²) in [5.74, 6) is 3.74. The summed E-state index contributed by atoms with van der Waals surface area (Å²) in [6.07, 6.45) is 12.0. The second-order valence-electron chi connectivity index (χ2n) is 14.4. The van der Waals surface area contributed by atoms with E-state index in [0.29, 0.717) is 12.0 Å². The van der Waals surface area contributed by atoms with Crippen molar-refractivity contribution in [2.24, 2.45) is 23.2 Å². The van der Waals surface area contributed by atoms with Crippen LogP contribution in [0.5, 0.6) is 5.75 Å². The number of nitrogens with zero attached hydrogens (tertiary/aromatic N) is 4. The number of rotatable bonds is 9. The third-order valence-corrected chi connectivity index (χ3v) is 11.0. The molecule has 2 aromatic carbocycles. The van der Waals surface area contributed by atoms with Crippen LogP contribution in [0.15, 0.2) is 60.9 Å². The largest absolute Gasteiger partial charge is 0.492 e. The lowest BCUT2D eigenvalue weighted by atomic mass is 9.49. The second kappa shape index (κ2) is 12.2. The molecule has 232 valence electrons. The van der Waals surface area contributed by atoms with Crippen LogP contribution < -0.4 is 9.64 Å². The van der Waals surface area contributed by atoms with E-state index in [2.05, 4.69) is 58.1 Å². The zero-order chi connectivity index (χ0) is 30.3. The molecule has 4 saturated carbocycles. The van der Waals surface area contributed by atoms with Gasteiger partial charge >= 0.3 is 0 Å². The number of pyridine rings is 1. The topological polar surface area (TPSA) is 48.9 Å². The Labute approximate surface area is 263 Å². The number of carbonyl (C=O) groups is 1. The number of anilines is 1. The predicted molar refractivity (Wildman–Crippen MR) is 177 cm³/mol. The number of carbonyl (C=O) groups excluding carboxylic acids is 1. The molecule has 4 bridgehead atoms. The molecule has 1 aromatic heterocycles. The molecule has 44 heavy (non-hydrogen) atoms. The molecule has 0 unspecified atom stereocenters. The Bertz CT molecular complexity index is 1440. The fourth-order valence-corrected chi connectivity index (χ4v) is 9.48. The van der Waals surface area contributed by atoms with Crippen molar-refractivity contribution in [1.29, 1.82) is 0 Å². The first-order valence-electron chi connectivity index (χ1n) is 16.9. The Morgan fingerprint density at radius 2 is 1.61 bits per heavy atom. The summed E-state index contributed by atoms with van der Waals surface area (Å²) in [7, 11) is 2.03. The number of amides is 1. The van der Waals surface area contributed by atoms with Gasteiger partial charge in [0, 0.05) is 69.3 Å². The fourth-order valence-electron chi connectivity index (χ4n) is 9.48. The number of ether oxygens (including phenoxy) is 1. The summed E-state index contributed by atoms with van der Waals surface area (Å²) < 4.78 is 5.65. The molecule has 0 N–H and O–H groups in total. The van der Waals surface area contributed by atoms with E-state index in [-0.39, 0.29) is 5.91 Å². The maximum Gasteiger partial charge on any atom is 0.253 e. The van der Waals surface area contributed by atoms with E-state index < -0.39 is 0 Å². The van der Waals surface area contributed by atoms with Crippen molar-refractivity contribution in [1.82, 2.24) is 14.8 Å². The van der Waals surface area contributed by atoms with Crippen molar-refractivity contribution in [2.45, 2.75) is 58.9 Å². The molecule has 1 aliphatic heterocycles.